The highest BCUT2D eigenvalue weighted by atomic mass is 32.2. The summed E-state index contributed by atoms with van der Waals surface area (Å²) in [7, 11) is 0. The van der Waals surface area contributed by atoms with Crippen LogP contribution in [0.25, 0.3) is 0 Å². The molecule has 0 aromatic heterocycles. The Balaban J connectivity index is 1.45. The number of imide groups is 1. The molecule has 1 aliphatic carbocycles. The van der Waals surface area contributed by atoms with Crippen molar-refractivity contribution >= 4 is 34.7 Å². The van der Waals surface area contributed by atoms with Crippen LogP contribution >= 0.6 is 11.8 Å². The van der Waals surface area contributed by atoms with Crippen LogP contribution in [-0.2, 0) is 9.59 Å². The summed E-state index contributed by atoms with van der Waals surface area (Å²) in [6, 6.07) is 8.71. The maximum atomic E-state index is 13.2. The zero-order chi connectivity index (χ0) is 20.4. The fourth-order valence-electron chi connectivity index (χ4n) is 4.72. The molecule has 1 aromatic rings. The van der Waals surface area contributed by atoms with Gasteiger partial charge in [-0.1, -0.05) is 42.8 Å². The standard InChI is InChI=1S/C21H25N3O4S/c25-18-13-29-21(28)23(18)11-10-22-19(26)17-12-15-8-4-5-9-16(15)24(17)20(27)14-6-2-1-3-7-14/h1-3,6-7,15-17H,4-5,8-13H2,(H,22,26). The Hall–Kier alpha value is -2.35. The molecule has 3 atom stereocenters. The van der Waals surface area contributed by atoms with E-state index in [2.05, 4.69) is 5.32 Å². The number of nitrogens with one attached hydrogen (secondary N) is 1. The van der Waals surface area contributed by atoms with Gasteiger partial charge in [0.15, 0.2) is 0 Å². The molecule has 0 spiro atoms. The number of thioether (sulfide) groups is 1. The first-order valence-corrected chi connectivity index (χ1v) is 11.2. The fourth-order valence-corrected chi connectivity index (χ4v) is 5.47. The topological polar surface area (TPSA) is 86.8 Å². The summed E-state index contributed by atoms with van der Waals surface area (Å²) < 4.78 is 0. The Bertz CT molecular complexity index is 799. The van der Waals surface area contributed by atoms with Crippen LogP contribution in [0.1, 0.15) is 42.5 Å². The number of rotatable bonds is 5. The van der Waals surface area contributed by atoms with Crippen molar-refractivity contribution in [1.29, 1.82) is 0 Å². The van der Waals surface area contributed by atoms with Gasteiger partial charge in [0, 0.05) is 24.7 Å². The van der Waals surface area contributed by atoms with Gasteiger partial charge in [-0.25, -0.2) is 0 Å². The molecule has 8 heteroatoms. The number of carbonyl (C=O) groups is 4. The van der Waals surface area contributed by atoms with Gasteiger partial charge in [0.2, 0.25) is 11.8 Å². The van der Waals surface area contributed by atoms with Crippen LogP contribution in [0, 0.1) is 5.92 Å². The molecule has 0 bridgehead atoms. The largest absolute Gasteiger partial charge is 0.353 e. The Morgan fingerprint density at radius 1 is 1.10 bits per heavy atom. The summed E-state index contributed by atoms with van der Waals surface area (Å²) in [5.41, 5.74) is 0.599. The second-order valence-electron chi connectivity index (χ2n) is 7.83. The minimum atomic E-state index is -0.504. The van der Waals surface area contributed by atoms with Gasteiger partial charge < -0.3 is 10.2 Å². The first-order valence-electron chi connectivity index (χ1n) is 10.2. The summed E-state index contributed by atoms with van der Waals surface area (Å²) in [6.07, 6.45) is 4.86. The second-order valence-corrected chi connectivity index (χ2v) is 8.76. The van der Waals surface area contributed by atoms with E-state index in [0.29, 0.717) is 17.9 Å². The zero-order valence-electron chi connectivity index (χ0n) is 16.2. The van der Waals surface area contributed by atoms with Crippen LogP contribution in [0.15, 0.2) is 30.3 Å². The number of fused-ring (bicyclic) bond motifs is 1. The van der Waals surface area contributed by atoms with Gasteiger partial charge in [-0.3, -0.25) is 24.1 Å². The van der Waals surface area contributed by atoms with E-state index in [1.165, 1.54) is 4.90 Å². The third-order valence-electron chi connectivity index (χ3n) is 6.12. The second kappa shape index (κ2) is 8.57. The summed E-state index contributed by atoms with van der Waals surface area (Å²) in [4.78, 5) is 52.6. The number of benzene rings is 1. The van der Waals surface area contributed by atoms with Gasteiger partial charge in [-0.2, -0.15) is 0 Å². The summed E-state index contributed by atoms with van der Waals surface area (Å²) in [6.45, 7) is 0.374. The predicted octanol–water partition coefficient (Wildman–Crippen LogP) is 2.27. The number of nitrogens with zero attached hydrogens (tertiary/aromatic N) is 2. The van der Waals surface area contributed by atoms with Crippen molar-refractivity contribution in [1.82, 2.24) is 15.1 Å². The molecule has 3 unspecified atom stereocenters. The SMILES string of the molecule is O=C(NCCN1C(=O)CSC1=O)C1CC2CCCCC2N1C(=O)c1ccccc1. The smallest absolute Gasteiger partial charge is 0.288 e. The van der Waals surface area contributed by atoms with Crippen molar-refractivity contribution < 1.29 is 19.2 Å². The highest BCUT2D eigenvalue weighted by molar-refractivity contribution is 8.14. The monoisotopic (exact) mass is 415 g/mol. The normalized spacial score (nSPS) is 26.6. The van der Waals surface area contributed by atoms with E-state index in [1.54, 1.807) is 17.0 Å². The molecule has 29 heavy (non-hydrogen) atoms. The number of hydrogen-bond donors (Lipinski definition) is 1. The lowest BCUT2D eigenvalue weighted by Gasteiger charge is -2.33. The van der Waals surface area contributed by atoms with E-state index in [4.69, 9.17) is 0 Å². The van der Waals surface area contributed by atoms with E-state index < -0.39 is 6.04 Å². The van der Waals surface area contributed by atoms with E-state index in [9.17, 15) is 19.2 Å². The van der Waals surface area contributed by atoms with Crippen molar-refractivity contribution in [2.75, 3.05) is 18.8 Å². The molecule has 1 aromatic carbocycles. The minimum Gasteiger partial charge on any atom is -0.353 e. The molecule has 1 N–H and O–H groups in total. The average Bonchev–Trinajstić information content (AvgIpc) is 3.29. The Morgan fingerprint density at radius 3 is 2.59 bits per heavy atom. The lowest BCUT2D eigenvalue weighted by molar-refractivity contribution is -0.127. The van der Waals surface area contributed by atoms with Gasteiger partial charge in [-0.15, -0.1) is 0 Å². The number of carbonyl (C=O) groups excluding carboxylic acids is 4. The predicted molar refractivity (Wildman–Crippen MR) is 109 cm³/mol. The van der Waals surface area contributed by atoms with Gasteiger partial charge >= 0.3 is 0 Å². The third kappa shape index (κ3) is 4.03. The quantitative estimate of drug-likeness (QED) is 0.797. The first-order chi connectivity index (χ1) is 14.1. The molecule has 2 saturated heterocycles. The molecule has 2 heterocycles. The van der Waals surface area contributed by atoms with Gasteiger partial charge in [0.1, 0.15) is 6.04 Å². The summed E-state index contributed by atoms with van der Waals surface area (Å²) >= 11 is 0.985. The summed E-state index contributed by atoms with van der Waals surface area (Å²) in [5.74, 6) is 0.00202. The van der Waals surface area contributed by atoms with Crippen LogP contribution in [-0.4, -0.2) is 63.7 Å². The van der Waals surface area contributed by atoms with E-state index in [1.807, 2.05) is 18.2 Å². The van der Waals surface area contributed by atoms with Crippen molar-refractivity contribution in [3.63, 3.8) is 0 Å². The first kappa shape index (κ1) is 19.9. The Labute approximate surface area is 174 Å². The maximum absolute atomic E-state index is 13.2. The van der Waals surface area contributed by atoms with Crippen LogP contribution in [0.4, 0.5) is 4.79 Å². The molecule has 2 aliphatic heterocycles. The molecule has 7 nitrogen and oxygen atoms in total. The fraction of sp³-hybridized carbons (Fsp3) is 0.524. The van der Waals surface area contributed by atoms with Crippen LogP contribution < -0.4 is 5.32 Å². The molecular weight excluding hydrogens is 390 g/mol. The molecule has 4 amide bonds. The van der Waals surface area contributed by atoms with Crippen molar-refractivity contribution in [3.05, 3.63) is 35.9 Å². The Morgan fingerprint density at radius 2 is 1.86 bits per heavy atom. The Kier molecular flexibility index (Phi) is 5.89. The lowest BCUT2D eigenvalue weighted by Crippen LogP contribution is -2.50. The van der Waals surface area contributed by atoms with E-state index >= 15 is 0 Å². The van der Waals surface area contributed by atoms with Gasteiger partial charge in [0.25, 0.3) is 11.1 Å². The van der Waals surface area contributed by atoms with Gasteiger partial charge in [-0.05, 0) is 37.3 Å². The maximum Gasteiger partial charge on any atom is 0.288 e. The lowest BCUT2D eigenvalue weighted by atomic mass is 9.84. The number of hydrogen-bond acceptors (Lipinski definition) is 5. The highest BCUT2D eigenvalue weighted by Gasteiger charge is 2.47. The van der Waals surface area contributed by atoms with E-state index in [0.717, 1.165) is 37.4 Å². The molecular formula is C21H25N3O4S. The molecule has 154 valence electrons. The van der Waals surface area contributed by atoms with Crippen molar-refractivity contribution in [2.45, 2.75) is 44.2 Å². The van der Waals surface area contributed by atoms with Crippen LogP contribution in [0.2, 0.25) is 0 Å². The van der Waals surface area contributed by atoms with Gasteiger partial charge in [0.05, 0.1) is 5.75 Å². The number of amides is 4. The highest BCUT2D eigenvalue weighted by Crippen LogP contribution is 2.40. The molecule has 0 radical (unpaired) electrons. The molecule has 3 aliphatic rings. The minimum absolute atomic E-state index is 0.0959. The third-order valence-corrected chi connectivity index (χ3v) is 6.98. The van der Waals surface area contributed by atoms with Crippen LogP contribution in [0.5, 0.6) is 0 Å². The molecule has 1 saturated carbocycles. The molecule has 4 rings (SSSR count). The summed E-state index contributed by atoms with van der Waals surface area (Å²) in [5, 5.41) is 2.58. The van der Waals surface area contributed by atoms with Crippen molar-refractivity contribution in [2.24, 2.45) is 5.92 Å². The average molecular weight is 416 g/mol. The van der Waals surface area contributed by atoms with Crippen LogP contribution in [0.3, 0.4) is 0 Å². The van der Waals surface area contributed by atoms with Crippen molar-refractivity contribution in [3.8, 4) is 0 Å². The van der Waals surface area contributed by atoms with E-state index in [-0.39, 0.29) is 47.8 Å². The number of likely N-dealkylation sites (tertiary alicyclic amines) is 1. The molecule has 3 fully saturated rings. The zero-order valence-corrected chi connectivity index (χ0v) is 17.0.